The number of amides is 2. The Morgan fingerprint density at radius 3 is 2.57 bits per heavy atom. The molecular formula is C24H32N4O2. The van der Waals surface area contributed by atoms with Crippen molar-refractivity contribution in [2.24, 2.45) is 28.6 Å². The highest BCUT2D eigenvalue weighted by atomic mass is 16.2. The molecule has 6 nitrogen and oxygen atoms in total. The molecule has 160 valence electrons. The average molecular weight is 409 g/mol. The number of nitrogens with zero attached hydrogens (tertiary/aromatic N) is 3. The third-order valence-corrected chi connectivity index (χ3v) is 9.39. The van der Waals surface area contributed by atoms with Crippen molar-refractivity contribution in [1.29, 1.82) is 0 Å². The molecule has 5 fully saturated rings. The second-order valence-corrected chi connectivity index (χ2v) is 10.6. The number of nitrogens with one attached hydrogen (secondary N) is 1. The zero-order valence-corrected chi connectivity index (χ0v) is 17.7. The summed E-state index contributed by atoms with van der Waals surface area (Å²) in [5.74, 6) is 2.86. The highest BCUT2D eigenvalue weighted by Crippen LogP contribution is 2.87. The van der Waals surface area contributed by atoms with Crippen LogP contribution in [0.4, 0.5) is 0 Å². The number of aromatic nitrogens is 1. The van der Waals surface area contributed by atoms with E-state index >= 15 is 0 Å². The smallest absolute Gasteiger partial charge is 0.242 e. The van der Waals surface area contributed by atoms with Crippen LogP contribution in [-0.4, -0.2) is 59.3 Å². The third-order valence-electron chi connectivity index (χ3n) is 9.39. The highest BCUT2D eigenvalue weighted by molar-refractivity contribution is 5.85. The van der Waals surface area contributed by atoms with E-state index in [1.54, 1.807) is 0 Å². The molecule has 1 N–H and O–H groups in total. The van der Waals surface area contributed by atoms with Crippen molar-refractivity contribution in [1.82, 2.24) is 20.1 Å². The molecule has 1 aromatic heterocycles. The van der Waals surface area contributed by atoms with Crippen LogP contribution < -0.4 is 5.32 Å². The van der Waals surface area contributed by atoms with Crippen molar-refractivity contribution >= 4 is 11.8 Å². The monoisotopic (exact) mass is 408 g/mol. The van der Waals surface area contributed by atoms with E-state index in [0.29, 0.717) is 11.8 Å². The quantitative estimate of drug-likeness (QED) is 0.783. The van der Waals surface area contributed by atoms with Crippen LogP contribution in [0.15, 0.2) is 24.5 Å². The van der Waals surface area contributed by atoms with Crippen molar-refractivity contribution in [2.75, 3.05) is 32.7 Å². The van der Waals surface area contributed by atoms with E-state index in [9.17, 15) is 9.59 Å². The number of rotatable bonds is 6. The molecule has 4 saturated carbocycles. The number of piperazine rings is 1. The van der Waals surface area contributed by atoms with Crippen molar-refractivity contribution < 1.29 is 9.59 Å². The summed E-state index contributed by atoms with van der Waals surface area (Å²) >= 11 is 0. The summed E-state index contributed by atoms with van der Waals surface area (Å²) in [6.45, 7) is 4.27. The predicted octanol–water partition coefficient (Wildman–Crippen LogP) is 2.06. The van der Waals surface area contributed by atoms with Gasteiger partial charge in [-0.15, -0.1) is 0 Å². The maximum absolute atomic E-state index is 12.7. The molecule has 1 aliphatic heterocycles. The summed E-state index contributed by atoms with van der Waals surface area (Å²) < 4.78 is 0. The third kappa shape index (κ3) is 2.68. The van der Waals surface area contributed by atoms with Gasteiger partial charge in [0.15, 0.2) is 0 Å². The van der Waals surface area contributed by atoms with E-state index in [1.165, 1.54) is 37.7 Å². The van der Waals surface area contributed by atoms with Gasteiger partial charge in [-0.25, -0.2) is 0 Å². The average Bonchev–Trinajstić information content (AvgIpc) is 3.22. The summed E-state index contributed by atoms with van der Waals surface area (Å²) in [6.07, 6.45) is 11.1. The second-order valence-electron chi connectivity index (χ2n) is 10.6. The maximum atomic E-state index is 12.7. The van der Waals surface area contributed by atoms with Crippen LogP contribution in [0.1, 0.15) is 44.1 Å². The molecule has 1 spiro atoms. The molecule has 2 amide bonds. The summed E-state index contributed by atoms with van der Waals surface area (Å²) in [6, 6.07) is 4.08. The van der Waals surface area contributed by atoms with E-state index in [1.807, 2.05) is 29.4 Å². The lowest BCUT2D eigenvalue weighted by Gasteiger charge is -2.73. The maximum Gasteiger partial charge on any atom is 0.242 e. The zero-order chi connectivity index (χ0) is 20.3. The molecule has 2 bridgehead atoms. The van der Waals surface area contributed by atoms with Crippen LogP contribution in [0.2, 0.25) is 0 Å². The van der Waals surface area contributed by atoms with Gasteiger partial charge in [-0.05, 0) is 78.4 Å². The number of fused-ring (bicyclic) bond motifs is 1. The van der Waals surface area contributed by atoms with Gasteiger partial charge in [-0.3, -0.25) is 19.5 Å². The molecule has 6 rings (SSSR count). The second kappa shape index (κ2) is 6.78. The number of carbonyl (C=O) groups is 2. The Labute approximate surface area is 178 Å². The fourth-order valence-electron chi connectivity index (χ4n) is 8.27. The first kappa shape index (κ1) is 18.8. The topological polar surface area (TPSA) is 65.5 Å². The van der Waals surface area contributed by atoms with Crippen LogP contribution in [0.3, 0.4) is 0 Å². The van der Waals surface area contributed by atoms with Gasteiger partial charge >= 0.3 is 0 Å². The van der Waals surface area contributed by atoms with Gasteiger partial charge in [-0.1, -0.05) is 0 Å². The molecule has 5 aliphatic rings. The van der Waals surface area contributed by atoms with Gasteiger partial charge in [0.25, 0.3) is 0 Å². The Morgan fingerprint density at radius 1 is 1.03 bits per heavy atom. The van der Waals surface area contributed by atoms with Gasteiger partial charge in [0.05, 0.1) is 6.54 Å². The first-order valence-electron chi connectivity index (χ1n) is 11.7. The summed E-state index contributed by atoms with van der Waals surface area (Å²) in [4.78, 5) is 33.7. The summed E-state index contributed by atoms with van der Waals surface area (Å²) in [5.41, 5.74) is 2.07. The van der Waals surface area contributed by atoms with Crippen LogP contribution in [0.5, 0.6) is 0 Å². The Bertz CT molecular complexity index is 852. The molecule has 0 radical (unpaired) electrons. The van der Waals surface area contributed by atoms with Crippen molar-refractivity contribution in [3.63, 3.8) is 0 Å². The van der Waals surface area contributed by atoms with Crippen LogP contribution in [-0.2, 0) is 16.1 Å². The van der Waals surface area contributed by atoms with Gasteiger partial charge in [0.2, 0.25) is 11.8 Å². The highest BCUT2D eigenvalue weighted by Gasteiger charge is 2.80. The van der Waals surface area contributed by atoms with Crippen molar-refractivity contribution in [2.45, 2.75) is 45.1 Å². The van der Waals surface area contributed by atoms with E-state index in [-0.39, 0.29) is 23.8 Å². The summed E-state index contributed by atoms with van der Waals surface area (Å²) in [7, 11) is 0. The fraction of sp³-hybridized carbons (Fsp3) is 0.708. The minimum atomic E-state index is 0.0588. The molecule has 30 heavy (non-hydrogen) atoms. The fourth-order valence-corrected chi connectivity index (χ4v) is 8.27. The standard InChI is InChI=1S/C24H32N4O2/c29-21(14-23-11-18-9-19-10-20(13-23)24(19,23)12-18)26-15-22(30)28-7-5-27(6-8-28)16-17-1-3-25-4-2-17/h1-4,18-20H,5-16H2,(H,26,29). The lowest BCUT2D eigenvalue weighted by Crippen LogP contribution is -2.67. The Morgan fingerprint density at radius 2 is 1.83 bits per heavy atom. The molecule has 4 aliphatic carbocycles. The molecular weight excluding hydrogens is 376 g/mol. The Balaban J connectivity index is 0.960. The normalized spacial score (nSPS) is 38.5. The number of pyridine rings is 1. The number of carbonyl (C=O) groups excluding carboxylic acids is 2. The van der Waals surface area contributed by atoms with Crippen molar-refractivity contribution in [3.8, 4) is 0 Å². The first-order valence-corrected chi connectivity index (χ1v) is 11.7. The van der Waals surface area contributed by atoms with Gasteiger partial charge in [0.1, 0.15) is 0 Å². The first-order chi connectivity index (χ1) is 14.6. The van der Waals surface area contributed by atoms with Gasteiger partial charge in [0, 0.05) is 51.5 Å². The molecule has 1 saturated heterocycles. The van der Waals surface area contributed by atoms with E-state index in [0.717, 1.165) is 50.5 Å². The summed E-state index contributed by atoms with van der Waals surface area (Å²) in [5, 5.41) is 2.97. The molecule has 5 atom stereocenters. The molecule has 5 unspecified atom stereocenters. The van der Waals surface area contributed by atoms with Crippen LogP contribution >= 0.6 is 0 Å². The number of hydrogen-bond acceptors (Lipinski definition) is 4. The molecule has 6 heteroatoms. The SMILES string of the molecule is O=C(CC12CC3CC4CC(C1)C42C3)NCC(=O)N1CCN(Cc2ccncc2)CC1. The molecule has 2 heterocycles. The van der Waals surface area contributed by atoms with Crippen LogP contribution in [0.25, 0.3) is 0 Å². The van der Waals surface area contributed by atoms with Gasteiger partial charge in [-0.2, -0.15) is 0 Å². The molecule has 0 aromatic carbocycles. The molecule has 1 aromatic rings. The lowest BCUT2D eigenvalue weighted by molar-refractivity contribution is -0.245. The minimum absolute atomic E-state index is 0.0588. The largest absolute Gasteiger partial charge is 0.347 e. The van der Waals surface area contributed by atoms with E-state index in [4.69, 9.17) is 0 Å². The van der Waals surface area contributed by atoms with Crippen LogP contribution in [0, 0.1) is 28.6 Å². The number of hydrogen-bond donors (Lipinski definition) is 1. The van der Waals surface area contributed by atoms with E-state index < -0.39 is 0 Å². The lowest BCUT2D eigenvalue weighted by atomic mass is 9.31. The minimum Gasteiger partial charge on any atom is -0.347 e. The van der Waals surface area contributed by atoms with E-state index in [2.05, 4.69) is 15.2 Å². The van der Waals surface area contributed by atoms with Crippen molar-refractivity contribution in [3.05, 3.63) is 30.1 Å². The Kier molecular flexibility index (Phi) is 4.24. The Hall–Kier alpha value is -1.95. The predicted molar refractivity (Wildman–Crippen MR) is 112 cm³/mol. The van der Waals surface area contributed by atoms with Gasteiger partial charge < -0.3 is 10.2 Å². The zero-order valence-electron chi connectivity index (χ0n) is 17.7.